The molecule has 0 amide bonds. The molecular weight excluding hydrogens is 142 g/mol. The molecule has 0 saturated heterocycles. The van der Waals surface area contributed by atoms with Crippen LogP contribution in [0.5, 0.6) is 0 Å². The number of hydrogen-bond donors (Lipinski definition) is 0. The maximum absolute atomic E-state index is 10.6. The zero-order chi connectivity index (χ0) is 8.43. The fraction of sp³-hybridized carbons (Fsp3) is 0.375. The minimum absolute atomic E-state index is 0.299. The van der Waals surface area contributed by atoms with Crippen LogP contribution in [0.15, 0.2) is 12.1 Å². The molecule has 0 atom stereocenters. The van der Waals surface area contributed by atoms with Crippen molar-refractivity contribution in [3.05, 3.63) is 23.5 Å². The maximum atomic E-state index is 10.6. The third-order valence-corrected chi connectivity index (χ3v) is 1.43. The van der Waals surface area contributed by atoms with Crippen molar-refractivity contribution in [2.24, 2.45) is 0 Å². The van der Waals surface area contributed by atoms with Crippen LogP contribution < -0.4 is 4.84 Å². The summed E-state index contributed by atoms with van der Waals surface area (Å²) in [6.07, 6.45) is 0. The highest BCUT2D eigenvalue weighted by molar-refractivity contribution is 5.66. The van der Waals surface area contributed by atoms with Crippen molar-refractivity contribution in [2.75, 3.05) is 0 Å². The standard InChI is InChI=1S/C8H11NO2/c1-6-4-5-7(2)9(6)11-8(3)10/h4-5H,1-3H3. The molecule has 1 heterocycles. The van der Waals surface area contributed by atoms with Gasteiger partial charge in [-0.1, -0.05) is 0 Å². The summed E-state index contributed by atoms with van der Waals surface area (Å²) in [4.78, 5) is 15.5. The van der Waals surface area contributed by atoms with E-state index in [2.05, 4.69) is 0 Å². The Hall–Kier alpha value is -1.25. The van der Waals surface area contributed by atoms with E-state index in [9.17, 15) is 4.79 Å². The molecule has 3 heteroatoms. The highest BCUT2D eigenvalue weighted by atomic mass is 16.7. The van der Waals surface area contributed by atoms with Crippen LogP contribution in [0.3, 0.4) is 0 Å². The molecule has 11 heavy (non-hydrogen) atoms. The second-order valence-corrected chi connectivity index (χ2v) is 2.49. The first-order valence-electron chi connectivity index (χ1n) is 3.45. The molecule has 60 valence electrons. The fourth-order valence-electron chi connectivity index (χ4n) is 0.927. The number of aromatic nitrogens is 1. The molecule has 0 bridgehead atoms. The van der Waals surface area contributed by atoms with Gasteiger partial charge in [-0.25, -0.2) is 4.79 Å². The monoisotopic (exact) mass is 153 g/mol. The topological polar surface area (TPSA) is 31.2 Å². The minimum atomic E-state index is -0.299. The normalized spacial score (nSPS) is 9.73. The summed E-state index contributed by atoms with van der Waals surface area (Å²) in [7, 11) is 0. The molecule has 1 rings (SSSR count). The summed E-state index contributed by atoms with van der Waals surface area (Å²) in [6, 6.07) is 3.80. The first-order valence-corrected chi connectivity index (χ1v) is 3.45. The van der Waals surface area contributed by atoms with E-state index in [0.29, 0.717) is 0 Å². The molecular formula is C8H11NO2. The van der Waals surface area contributed by atoms with Crippen molar-refractivity contribution in [1.29, 1.82) is 0 Å². The first kappa shape index (κ1) is 7.85. The lowest BCUT2D eigenvalue weighted by atomic mass is 10.5. The fourth-order valence-corrected chi connectivity index (χ4v) is 0.927. The highest BCUT2D eigenvalue weighted by Gasteiger charge is 2.02. The van der Waals surface area contributed by atoms with Gasteiger partial charge in [-0.2, -0.15) is 4.73 Å². The Bertz CT molecular complexity index is 256. The van der Waals surface area contributed by atoms with Crippen LogP contribution in [0.2, 0.25) is 0 Å². The second kappa shape index (κ2) is 2.78. The van der Waals surface area contributed by atoms with E-state index in [4.69, 9.17) is 4.84 Å². The summed E-state index contributed by atoms with van der Waals surface area (Å²) < 4.78 is 1.52. The lowest BCUT2D eigenvalue weighted by Gasteiger charge is -2.05. The van der Waals surface area contributed by atoms with Gasteiger partial charge in [-0.3, -0.25) is 0 Å². The largest absolute Gasteiger partial charge is 0.337 e. The van der Waals surface area contributed by atoms with Crippen molar-refractivity contribution in [2.45, 2.75) is 20.8 Å². The van der Waals surface area contributed by atoms with Gasteiger partial charge in [0.2, 0.25) is 0 Å². The summed E-state index contributed by atoms with van der Waals surface area (Å²) in [6.45, 7) is 5.16. The summed E-state index contributed by atoms with van der Waals surface area (Å²) >= 11 is 0. The molecule has 0 aromatic carbocycles. The lowest BCUT2D eigenvalue weighted by Crippen LogP contribution is -2.18. The van der Waals surface area contributed by atoms with Crippen LogP contribution in [-0.2, 0) is 4.79 Å². The number of hydrogen-bond acceptors (Lipinski definition) is 2. The molecule has 3 nitrogen and oxygen atoms in total. The van der Waals surface area contributed by atoms with E-state index in [1.165, 1.54) is 11.7 Å². The van der Waals surface area contributed by atoms with Crippen molar-refractivity contribution in [3.8, 4) is 0 Å². The third-order valence-electron chi connectivity index (χ3n) is 1.43. The van der Waals surface area contributed by atoms with Gasteiger partial charge in [0.25, 0.3) is 0 Å². The quantitative estimate of drug-likeness (QED) is 0.604. The van der Waals surface area contributed by atoms with Gasteiger partial charge in [0.1, 0.15) is 0 Å². The van der Waals surface area contributed by atoms with Gasteiger partial charge in [0.05, 0.1) is 11.4 Å². The van der Waals surface area contributed by atoms with Gasteiger partial charge >= 0.3 is 5.97 Å². The minimum Gasteiger partial charge on any atom is -0.337 e. The van der Waals surface area contributed by atoms with Crippen LogP contribution in [0.1, 0.15) is 18.3 Å². The first-order chi connectivity index (χ1) is 5.11. The van der Waals surface area contributed by atoms with Gasteiger partial charge in [0.15, 0.2) is 0 Å². The summed E-state index contributed by atoms with van der Waals surface area (Å²) in [5.74, 6) is -0.299. The van der Waals surface area contributed by atoms with E-state index in [1.54, 1.807) is 0 Å². The molecule has 0 spiro atoms. The molecule has 0 aliphatic rings. The van der Waals surface area contributed by atoms with Crippen molar-refractivity contribution >= 4 is 5.97 Å². The summed E-state index contributed by atoms with van der Waals surface area (Å²) in [5.41, 5.74) is 1.86. The molecule has 0 saturated carbocycles. The van der Waals surface area contributed by atoms with E-state index < -0.39 is 0 Å². The van der Waals surface area contributed by atoms with Gasteiger partial charge in [0, 0.05) is 6.92 Å². The van der Waals surface area contributed by atoms with Crippen molar-refractivity contribution in [1.82, 2.24) is 4.73 Å². The zero-order valence-corrected chi connectivity index (χ0v) is 6.92. The van der Waals surface area contributed by atoms with Crippen LogP contribution in [0.25, 0.3) is 0 Å². The van der Waals surface area contributed by atoms with Crippen molar-refractivity contribution < 1.29 is 9.63 Å². The number of nitrogens with zero attached hydrogens (tertiary/aromatic N) is 1. The average Bonchev–Trinajstić information content (AvgIpc) is 2.18. The third kappa shape index (κ3) is 1.61. The predicted octanol–water partition coefficient (Wildman–Crippen LogP) is 1.08. The van der Waals surface area contributed by atoms with Gasteiger partial charge in [-0.05, 0) is 26.0 Å². The molecule has 0 unspecified atom stereocenters. The number of rotatable bonds is 1. The Balaban J connectivity index is 2.92. The molecule has 1 aromatic rings. The maximum Gasteiger partial charge on any atom is 0.329 e. The SMILES string of the molecule is CC(=O)On1c(C)ccc1C. The number of carbonyl (C=O) groups is 1. The lowest BCUT2D eigenvalue weighted by molar-refractivity contribution is -0.141. The Morgan fingerprint density at radius 3 is 2.18 bits per heavy atom. The van der Waals surface area contributed by atoms with Crippen molar-refractivity contribution in [3.63, 3.8) is 0 Å². The van der Waals surface area contributed by atoms with Crippen LogP contribution in [0, 0.1) is 13.8 Å². The zero-order valence-electron chi connectivity index (χ0n) is 6.92. The molecule has 1 aromatic heterocycles. The molecule has 0 aliphatic carbocycles. The van der Waals surface area contributed by atoms with Gasteiger partial charge < -0.3 is 4.84 Å². The smallest absolute Gasteiger partial charge is 0.329 e. The van der Waals surface area contributed by atoms with E-state index in [0.717, 1.165) is 11.4 Å². The van der Waals surface area contributed by atoms with E-state index in [-0.39, 0.29) is 5.97 Å². The highest BCUT2D eigenvalue weighted by Crippen LogP contribution is 2.03. The average molecular weight is 153 g/mol. The molecule has 0 fully saturated rings. The Labute approximate surface area is 65.5 Å². The van der Waals surface area contributed by atoms with E-state index >= 15 is 0 Å². The second-order valence-electron chi connectivity index (χ2n) is 2.49. The molecule has 0 radical (unpaired) electrons. The van der Waals surface area contributed by atoms with E-state index in [1.807, 2.05) is 26.0 Å². The molecule has 0 aliphatic heterocycles. The van der Waals surface area contributed by atoms with Crippen LogP contribution in [0.4, 0.5) is 0 Å². The predicted molar refractivity (Wildman–Crippen MR) is 41.2 cm³/mol. The van der Waals surface area contributed by atoms with Gasteiger partial charge in [-0.15, -0.1) is 0 Å². The number of aryl methyl sites for hydroxylation is 2. The van der Waals surface area contributed by atoms with Crippen LogP contribution >= 0.6 is 0 Å². The Kier molecular flexibility index (Phi) is 1.98. The molecule has 0 N–H and O–H groups in total. The van der Waals surface area contributed by atoms with Crippen LogP contribution in [-0.4, -0.2) is 10.7 Å². The number of carbonyl (C=O) groups excluding carboxylic acids is 1. The summed E-state index contributed by atoms with van der Waals surface area (Å²) in [5, 5.41) is 0. The Morgan fingerprint density at radius 1 is 1.36 bits per heavy atom. The Morgan fingerprint density at radius 2 is 1.82 bits per heavy atom.